The molecule has 1 atom stereocenters. The first-order chi connectivity index (χ1) is 11.3. The molecule has 1 unspecified atom stereocenters. The predicted octanol–water partition coefficient (Wildman–Crippen LogP) is 2.43. The molecule has 0 amide bonds. The second kappa shape index (κ2) is 7.17. The Labute approximate surface area is 136 Å². The van der Waals surface area contributed by atoms with E-state index in [1.165, 1.54) is 0 Å². The van der Waals surface area contributed by atoms with E-state index in [0.29, 0.717) is 5.92 Å². The zero-order valence-corrected chi connectivity index (χ0v) is 13.5. The quantitative estimate of drug-likeness (QED) is 0.884. The van der Waals surface area contributed by atoms with Gasteiger partial charge in [0.15, 0.2) is 0 Å². The van der Waals surface area contributed by atoms with Gasteiger partial charge in [-0.1, -0.05) is 0 Å². The summed E-state index contributed by atoms with van der Waals surface area (Å²) in [5.41, 5.74) is 1.14. The average molecular weight is 314 g/mol. The predicted molar refractivity (Wildman–Crippen MR) is 90.4 cm³/mol. The maximum atomic E-state index is 5.35. The van der Waals surface area contributed by atoms with Crippen LogP contribution in [-0.4, -0.2) is 43.8 Å². The van der Waals surface area contributed by atoms with Gasteiger partial charge in [-0.3, -0.25) is 4.98 Å². The van der Waals surface area contributed by atoms with E-state index in [1.807, 2.05) is 6.07 Å². The van der Waals surface area contributed by atoms with E-state index in [9.17, 15) is 0 Å². The fraction of sp³-hybridized carbons (Fsp3) is 0.412. The Bertz CT molecular complexity index is 613. The molecule has 1 N–H and O–H groups in total. The van der Waals surface area contributed by atoms with Crippen LogP contribution in [0, 0.1) is 5.92 Å². The van der Waals surface area contributed by atoms with Crippen LogP contribution in [0.3, 0.4) is 0 Å². The third kappa shape index (κ3) is 3.83. The molecule has 1 saturated heterocycles. The molecule has 23 heavy (non-hydrogen) atoms. The van der Waals surface area contributed by atoms with Crippen molar-refractivity contribution in [1.29, 1.82) is 0 Å². The highest BCUT2D eigenvalue weighted by molar-refractivity contribution is 5.56. The van der Waals surface area contributed by atoms with E-state index in [-0.39, 0.29) is 0 Å². The molecule has 0 saturated carbocycles. The molecule has 3 rings (SSSR count). The lowest BCUT2D eigenvalue weighted by Crippen LogP contribution is -2.22. The van der Waals surface area contributed by atoms with Crippen LogP contribution >= 0.6 is 0 Å². The Balaban J connectivity index is 1.61. The summed E-state index contributed by atoms with van der Waals surface area (Å²) in [7, 11) is 3.35. The highest BCUT2D eigenvalue weighted by atomic mass is 16.5. The molecule has 2 aromatic rings. The molecule has 0 bridgehead atoms. The number of nitrogens with zero attached hydrogens (tertiary/aromatic N) is 3. The van der Waals surface area contributed by atoms with E-state index >= 15 is 0 Å². The van der Waals surface area contributed by atoms with Crippen molar-refractivity contribution in [3.8, 4) is 11.5 Å². The van der Waals surface area contributed by atoms with Crippen LogP contribution in [0.25, 0.3) is 0 Å². The summed E-state index contributed by atoms with van der Waals surface area (Å²) in [6.45, 7) is 2.93. The summed E-state index contributed by atoms with van der Waals surface area (Å²) in [6.07, 6.45) is 6.27. The number of methoxy groups -OCH3 is 2. The number of hydrogen-bond donors (Lipinski definition) is 1. The van der Waals surface area contributed by atoms with Gasteiger partial charge < -0.3 is 19.7 Å². The molecule has 1 fully saturated rings. The van der Waals surface area contributed by atoms with Crippen molar-refractivity contribution in [2.75, 3.05) is 44.1 Å². The summed E-state index contributed by atoms with van der Waals surface area (Å²) in [5.74, 6) is 3.05. The van der Waals surface area contributed by atoms with Gasteiger partial charge in [-0.15, -0.1) is 0 Å². The largest absolute Gasteiger partial charge is 0.497 e. The molecule has 6 nitrogen and oxygen atoms in total. The standard InChI is InChI=1S/C17H22N4O2/c1-22-15-7-14(8-16(9-15)23-2)21-6-3-13(12-21)10-20-17-11-18-4-5-19-17/h4-5,7-9,11,13H,3,6,10,12H2,1-2H3,(H,19,20). The molecule has 1 aliphatic rings. The Hall–Kier alpha value is -2.50. The number of benzene rings is 1. The Morgan fingerprint density at radius 1 is 1.17 bits per heavy atom. The lowest BCUT2D eigenvalue weighted by molar-refractivity contribution is 0.394. The topological polar surface area (TPSA) is 59.5 Å². The van der Waals surface area contributed by atoms with Crippen molar-refractivity contribution in [2.45, 2.75) is 6.42 Å². The first-order valence-corrected chi connectivity index (χ1v) is 7.76. The van der Waals surface area contributed by atoms with Gasteiger partial charge in [0, 0.05) is 55.9 Å². The monoisotopic (exact) mass is 314 g/mol. The second-order valence-electron chi connectivity index (χ2n) is 5.64. The minimum atomic E-state index is 0.578. The molecule has 1 aromatic heterocycles. The maximum absolute atomic E-state index is 5.35. The Morgan fingerprint density at radius 3 is 2.61 bits per heavy atom. The number of ether oxygens (including phenoxy) is 2. The number of nitrogens with one attached hydrogen (secondary N) is 1. The molecular formula is C17H22N4O2. The van der Waals surface area contributed by atoms with Gasteiger partial charge in [0.05, 0.1) is 20.4 Å². The summed E-state index contributed by atoms with van der Waals surface area (Å²) in [5, 5.41) is 3.35. The summed E-state index contributed by atoms with van der Waals surface area (Å²) < 4.78 is 10.7. The number of hydrogen-bond acceptors (Lipinski definition) is 6. The van der Waals surface area contributed by atoms with E-state index in [4.69, 9.17) is 9.47 Å². The molecule has 122 valence electrons. The number of rotatable bonds is 6. The van der Waals surface area contributed by atoms with Crippen LogP contribution in [0.2, 0.25) is 0 Å². The molecule has 1 aromatic carbocycles. The normalized spacial score (nSPS) is 17.1. The molecule has 1 aliphatic heterocycles. The van der Waals surface area contributed by atoms with Crippen molar-refractivity contribution in [3.05, 3.63) is 36.8 Å². The van der Waals surface area contributed by atoms with Crippen LogP contribution < -0.4 is 19.7 Å². The van der Waals surface area contributed by atoms with E-state index in [1.54, 1.807) is 32.8 Å². The summed E-state index contributed by atoms with van der Waals surface area (Å²) >= 11 is 0. The van der Waals surface area contributed by atoms with E-state index in [2.05, 4.69) is 32.3 Å². The van der Waals surface area contributed by atoms with Crippen LogP contribution in [0.4, 0.5) is 11.5 Å². The van der Waals surface area contributed by atoms with Gasteiger partial charge >= 0.3 is 0 Å². The average Bonchev–Trinajstić information content (AvgIpc) is 3.09. The molecular weight excluding hydrogens is 292 g/mol. The molecule has 0 spiro atoms. The Morgan fingerprint density at radius 2 is 1.96 bits per heavy atom. The van der Waals surface area contributed by atoms with Crippen molar-refractivity contribution in [2.24, 2.45) is 5.92 Å². The fourth-order valence-corrected chi connectivity index (χ4v) is 2.85. The molecule has 6 heteroatoms. The van der Waals surface area contributed by atoms with Gasteiger partial charge in [0.25, 0.3) is 0 Å². The Kier molecular flexibility index (Phi) is 4.80. The van der Waals surface area contributed by atoms with Crippen LogP contribution in [0.1, 0.15) is 6.42 Å². The van der Waals surface area contributed by atoms with Gasteiger partial charge in [0.1, 0.15) is 17.3 Å². The SMILES string of the molecule is COc1cc(OC)cc(N2CCC(CNc3cnccn3)C2)c1. The maximum Gasteiger partial charge on any atom is 0.144 e. The van der Waals surface area contributed by atoms with E-state index in [0.717, 1.165) is 49.1 Å². The lowest BCUT2D eigenvalue weighted by Gasteiger charge is -2.20. The number of aromatic nitrogens is 2. The van der Waals surface area contributed by atoms with Crippen LogP contribution in [0.15, 0.2) is 36.8 Å². The number of anilines is 2. The van der Waals surface area contributed by atoms with Gasteiger partial charge in [-0.05, 0) is 12.3 Å². The highest BCUT2D eigenvalue weighted by Crippen LogP contribution is 2.31. The third-order valence-corrected chi connectivity index (χ3v) is 4.12. The minimum absolute atomic E-state index is 0.578. The molecule has 0 radical (unpaired) electrons. The minimum Gasteiger partial charge on any atom is -0.497 e. The van der Waals surface area contributed by atoms with Crippen molar-refractivity contribution in [1.82, 2.24) is 9.97 Å². The van der Waals surface area contributed by atoms with Crippen molar-refractivity contribution < 1.29 is 9.47 Å². The van der Waals surface area contributed by atoms with Gasteiger partial charge in [0.2, 0.25) is 0 Å². The van der Waals surface area contributed by atoms with Crippen molar-refractivity contribution in [3.63, 3.8) is 0 Å². The van der Waals surface area contributed by atoms with Crippen molar-refractivity contribution >= 4 is 11.5 Å². The molecule has 0 aliphatic carbocycles. The first kappa shape index (κ1) is 15.4. The molecule has 2 heterocycles. The van der Waals surface area contributed by atoms with Crippen LogP contribution in [-0.2, 0) is 0 Å². The zero-order valence-electron chi connectivity index (χ0n) is 13.5. The zero-order chi connectivity index (χ0) is 16.1. The smallest absolute Gasteiger partial charge is 0.144 e. The van der Waals surface area contributed by atoms with Gasteiger partial charge in [-0.25, -0.2) is 4.98 Å². The fourth-order valence-electron chi connectivity index (χ4n) is 2.85. The summed E-state index contributed by atoms with van der Waals surface area (Å²) in [6, 6.07) is 6.01. The third-order valence-electron chi connectivity index (χ3n) is 4.12. The highest BCUT2D eigenvalue weighted by Gasteiger charge is 2.23. The lowest BCUT2D eigenvalue weighted by atomic mass is 10.1. The van der Waals surface area contributed by atoms with E-state index < -0.39 is 0 Å². The first-order valence-electron chi connectivity index (χ1n) is 7.76. The van der Waals surface area contributed by atoms with Gasteiger partial charge in [-0.2, -0.15) is 0 Å². The van der Waals surface area contributed by atoms with Crippen LogP contribution in [0.5, 0.6) is 11.5 Å². The summed E-state index contributed by atoms with van der Waals surface area (Å²) in [4.78, 5) is 10.7. The second-order valence-corrected chi connectivity index (χ2v) is 5.64.